The molecule has 0 spiro atoms. The van der Waals surface area contributed by atoms with Gasteiger partial charge in [-0.25, -0.2) is 0 Å². The lowest BCUT2D eigenvalue weighted by Crippen LogP contribution is -2.28. The van der Waals surface area contributed by atoms with Crippen molar-refractivity contribution in [1.29, 1.82) is 0 Å². The summed E-state index contributed by atoms with van der Waals surface area (Å²) in [5.41, 5.74) is 6.28. The highest BCUT2D eigenvalue weighted by Gasteiger charge is 2.12. The van der Waals surface area contributed by atoms with Crippen LogP contribution in [0.15, 0.2) is 30.0 Å². The van der Waals surface area contributed by atoms with Crippen molar-refractivity contribution in [2.24, 2.45) is 11.8 Å². The van der Waals surface area contributed by atoms with Gasteiger partial charge in [0.2, 0.25) is 0 Å². The van der Waals surface area contributed by atoms with Crippen LogP contribution in [0.5, 0.6) is 0 Å². The van der Waals surface area contributed by atoms with Gasteiger partial charge >= 0.3 is 0 Å². The van der Waals surface area contributed by atoms with Crippen LogP contribution in [-0.4, -0.2) is 24.5 Å². The lowest BCUT2D eigenvalue weighted by Gasteiger charge is -2.23. The van der Waals surface area contributed by atoms with Crippen LogP contribution in [0.4, 0.5) is 0 Å². The average molecular weight is 586 g/mol. The molecular formula is C41H79N. The molecule has 0 heterocycles. The summed E-state index contributed by atoms with van der Waals surface area (Å²) < 4.78 is 0. The molecule has 0 unspecified atom stereocenters. The van der Waals surface area contributed by atoms with Crippen molar-refractivity contribution in [3.8, 4) is 0 Å². The van der Waals surface area contributed by atoms with Gasteiger partial charge in [-0.3, -0.25) is 0 Å². The van der Waals surface area contributed by atoms with Gasteiger partial charge in [0, 0.05) is 0 Å². The van der Waals surface area contributed by atoms with Crippen molar-refractivity contribution in [2.45, 2.75) is 202 Å². The first-order valence-corrected chi connectivity index (χ1v) is 19.2. The zero-order valence-electron chi connectivity index (χ0n) is 30.0. The molecule has 42 heavy (non-hydrogen) atoms. The Morgan fingerprint density at radius 2 is 1.02 bits per heavy atom. The van der Waals surface area contributed by atoms with Gasteiger partial charge in [0.1, 0.15) is 0 Å². The SMILES string of the molecule is C=C=C(CCCCCN(CCCCCCCC(=C)C)CCC(C)C)CC(CCCCCCCC)CCCCCCCC. The molecule has 0 N–H and O–H groups in total. The predicted octanol–water partition coefficient (Wildman–Crippen LogP) is 14.0. The fourth-order valence-corrected chi connectivity index (χ4v) is 6.31. The Balaban J connectivity index is 4.45. The number of unbranched alkanes of at least 4 members (excludes halogenated alkanes) is 16. The second-order valence-electron chi connectivity index (χ2n) is 14.3. The Hall–Kier alpha value is -0.780. The largest absolute Gasteiger partial charge is 0.303 e. The van der Waals surface area contributed by atoms with E-state index in [1.54, 1.807) is 0 Å². The number of allylic oxidation sites excluding steroid dienone is 2. The summed E-state index contributed by atoms with van der Waals surface area (Å²) in [6.07, 6.45) is 35.7. The summed E-state index contributed by atoms with van der Waals surface area (Å²) in [5.74, 6) is 1.66. The molecule has 0 amide bonds. The Morgan fingerprint density at radius 3 is 1.52 bits per heavy atom. The molecule has 1 heteroatoms. The topological polar surface area (TPSA) is 3.24 Å². The lowest BCUT2D eigenvalue weighted by atomic mass is 9.87. The Morgan fingerprint density at radius 1 is 0.571 bits per heavy atom. The zero-order valence-corrected chi connectivity index (χ0v) is 30.0. The van der Waals surface area contributed by atoms with Crippen molar-refractivity contribution >= 4 is 0 Å². The first-order valence-electron chi connectivity index (χ1n) is 19.2. The van der Waals surface area contributed by atoms with E-state index in [2.05, 4.69) is 58.4 Å². The first-order chi connectivity index (χ1) is 20.4. The summed E-state index contributed by atoms with van der Waals surface area (Å²) in [7, 11) is 0. The van der Waals surface area contributed by atoms with Gasteiger partial charge in [-0.1, -0.05) is 155 Å². The fraction of sp³-hybridized carbons (Fsp3) is 0.878. The quantitative estimate of drug-likeness (QED) is 0.0420. The highest BCUT2D eigenvalue weighted by Crippen LogP contribution is 2.27. The number of nitrogens with zero attached hydrogens (tertiary/aromatic N) is 1. The van der Waals surface area contributed by atoms with Crippen molar-refractivity contribution < 1.29 is 0 Å². The maximum atomic E-state index is 4.14. The molecule has 0 atom stereocenters. The van der Waals surface area contributed by atoms with Gasteiger partial charge in [-0.15, -0.1) is 12.3 Å². The molecule has 248 valence electrons. The number of hydrogen-bond donors (Lipinski definition) is 0. The number of hydrogen-bond acceptors (Lipinski definition) is 1. The fourth-order valence-electron chi connectivity index (χ4n) is 6.31. The van der Waals surface area contributed by atoms with Crippen molar-refractivity contribution in [3.05, 3.63) is 30.0 Å². The molecule has 0 fully saturated rings. The molecular weight excluding hydrogens is 506 g/mol. The molecule has 0 aliphatic rings. The average Bonchev–Trinajstić information content (AvgIpc) is 2.96. The van der Waals surface area contributed by atoms with Crippen molar-refractivity contribution in [1.82, 2.24) is 4.90 Å². The first kappa shape index (κ1) is 41.2. The van der Waals surface area contributed by atoms with Crippen LogP contribution in [-0.2, 0) is 0 Å². The van der Waals surface area contributed by atoms with Gasteiger partial charge in [-0.2, -0.15) is 0 Å². The minimum absolute atomic E-state index is 0.801. The monoisotopic (exact) mass is 586 g/mol. The maximum Gasteiger partial charge on any atom is -0.00163 e. The molecule has 1 nitrogen and oxygen atoms in total. The summed E-state index contributed by atoms with van der Waals surface area (Å²) >= 11 is 0. The van der Waals surface area contributed by atoms with Gasteiger partial charge in [0.25, 0.3) is 0 Å². The molecule has 0 saturated heterocycles. The standard InChI is InChI=1S/C41H79N/c1-8-11-13-15-19-24-31-41(32-25-20-16-14-12-9-2)37-40(10-3)30-26-22-28-35-42(36-33-39(6)7)34-27-21-17-18-23-29-38(4)5/h39,41H,3-4,8-9,11-37H2,1-2,5-7H3. The third kappa shape index (κ3) is 29.3. The second-order valence-corrected chi connectivity index (χ2v) is 14.3. The van der Waals surface area contributed by atoms with Crippen LogP contribution in [0.3, 0.4) is 0 Å². The Labute approximate surface area is 267 Å². The van der Waals surface area contributed by atoms with E-state index in [9.17, 15) is 0 Å². The van der Waals surface area contributed by atoms with E-state index >= 15 is 0 Å². The van der Waals surface area contributed by atoms with E-state index in [0.29, 0.717) is 0 Å². The number of rotatable bonds is 33. The molecule has 0 aromatic carbocycles. The highest BCUT2D eigenvalue weighted by atomic mass is 15.1. The Kier molecular flexibility index (Phi) is 31.1. The molecule has 0 aromatic heterocycles. The molecule has 0 rings (SSSR count). The van der Waals surface area contributed by atoms with Gasteiger partial charge in [-0.05, 0) is 95.3 Å². The zero-order chi connectivity index (χ0) is 31.1. The predicted molar refractivity (Wildman–Crippen MR) is 194 cm³/mol. The normalized spacial score (nSPS) is 11.6. The minimum Gasteiger partial charge on any atom is -0.303 e. The third-order valence-electron chi connectivity index (χ3n) is 9.27. The molecule has 0 aliphatic carbocycles. The third-order valence-corrected chi connectivity index (χ3v) is 9.27. The van der Waals surface area contributed by atoms with Crippen LogP contribution >= 0.6 is 0 Å². The molecule has 0 saturated carbocycles. The molecule has 0 aromatic rings. The van der Waals surface area contributed by atoms with Crippen LogP contribution < -0.4 is 0 Å². The lowest BCUT2D eigenvalue weighted by molar-refractivity contribution is 0.246. The van der Waals surface area contributed by atoms with E-state index in [4.69, 9.17) is 0 Å². The summed E-state index contributed by atoms with van der Waals surface area (Å²) in [6, 6.07) is 0. The van der Waals surface area contributed by atoms with E-state index in [-0.39, 0.29) is 0 Å². The highest BCUT2D eigenvalue weighted by molar-refractivity contribution is 5.00. The van der Waals surface area contributed by atoms with Gasteiger partial charge in [0.05, 0.1) is 0 Å². The van der Waals surface area contributed by atoms with E-state index in [0.717, 1.165) is 11.8 Å². The molecule has 0 bridgehead atoms. The summed E-state index contributed by atoms with van der Waals surface area (Å²) in [6.45, 7) is 23.6. The molecule has 0 radical (unpaired) electrons. The van der Waals surface area contributed by atoms with Crippen LogP contribution in [0.1, 0.15) is 202 Å². The van der Waals surface area contributed by atoms with Gasteiger partial charge in [0.15, 0.2) is 0 Å². The smallest absolute Gasteiger partial charge is 0.00163 e. The second kappa shape index (κ2) is 31.6. The summed E-state index contributed by atoms with van der Waals surface area (Å²) in [5, 5.41) is 0. The van der Waals surface area contributed by atoms with Crippen molar-refractivity contribution in [3.63, 3.8) is 0 Å². The minimum atomic E-state index is 0.801. The Bertz CT molecular complexity index is 609. The van der Waals surface area contributed by atoms with Crippen LogP contribution in [0, 0.1) is 11.8 Å². The van der Waals surface area contributed by atoms with Crippen molar-refractivity contribution in [2.75, 3.05) is 19.6 Å². The molecule has 0 aliphatic heterocycles. The van der Waals surface area contributed by atoms with Gasteiger partial charge < -0.3 is 4.90 Å². The summed E-state index contributed by atoms with van der Waals surface area (Å²) in [4.78, 5) is 2.77. The van der Waals surface area contributed by atoms with Crippen LogP contribution in [0.2, 0.25) is 0 Å². The van der Waals surface area contributed by atoms with E-state index in [1.165, 1.54) is 198 Å². The van der Waals surface area contributed by atoms with Crippen LogP contribution in [0.25, 0.3) is 0 Å². The van der Waals surface area contributed by atoms with E-state index < -0.39 is 0 Å². The van der Waals surface area contributed by atoms with E-state index in [1.807, 2.05) is 0 Å². The maximum absolute atomic E-state index is 4.14.